The Morgan fingerprint density at radius 1 is 1.16 bits per heavy atom. The molecule has 1 N–H and O–H groups in total. The van der Waals surface area contributed by atoms with Gasteiger partial charge in [0.2, 0.25) is 0 Å². The van der Waals surface area contributed by atoms with E-state index >= 15 is 0 Å². The number of hydrogen-bond acceptors (Lipinski definition) is 2. The molecule has 1 aromatic carbocycles. The second-order valence-electron chi connectivity index (χ2n) is 5.16. The first-order valence-corrected chi connectivity index (χ1v) is 6.69. The lowest BCUT2D eigenvalue weighted by Crippen LogP contribution is -2.39. The molecule has 19 heavy (non-hydrogen) atoms. The summed E-state index contributed by atoms with van der Waals surface area (Å²) in [4.78, 5) is 4.10. The Morgan fingerprint density at radius 3 is 2.63 bits per heavy atom. The number of aromatic nitrogens is 1. The molecule has 1 fully saturated rings. The van der Waals surface area contributed by atoms with Crippen molar-refractivity contribution < 1.29 is 4.39 Å². The van der Waals surface area contributed by atoms with Gasteiger partial charge in [0.05, 0.1) is 0 Å². The minimum absolute atomic E-state index is 0.158. The lowest BCUT2D eigenvalue weighted by molar-refractivity contribution is 0.289. The third-order valence-corrected chi connectivity index (χ3v) is 3.80. The predicted octanol–water partition coefficient (Wildman–Crippen LogP) is 3.26. The Morgan fingerprint density at radius 2 is 1.95 bits per heavy atom. The van der Waals surface area contributed by atoms with Gasteiger partial charge in [0.1, 0.15) is 5.82 Å². The van der Waals surface area contributed by atoms with Gasteiger partial charge in [0.25, 0.3) is 0 Å². The minimum atomic E-state index is -0.158. The average molecular weight is 256 g/mol. The van der Waals surface area contributed by atoms with Gasteiger partial charge in [0, 0.05) is 25.0 Å². The molecule has 1 aliphatic rings. The van der Waals surface area contributed by atoms with Gasteiger partial charge in [-0.3, -0.25) is 4.98 Å². The summed E-state index contributed by atoms with van der Waals surface area (Å²) in [5, 5.41) is 3.53. The van der Waals surface area contributed by atoms with E-state index < -0.39 is 0 Å². The van der Waals surface area contributed by atoms with Gasteiger partial charge in [-0.05, 0) is 48.1 Å². The maximum absolute atomic E-state index is 12.8. The number of benzene rings is 1. The molecule has 1 heterocycles. The summed E-state index contributed by atoms with van der Waals surface area (Å²) in [7, 11) is 0. The number of nitrogens with one attached hydrogen (secondary N) is 1. The second kappa shape index (κ2) is 5.49. The van der Waals surface area contributed by atoms with Gasteiger partial charge >= 0.3 is 0 Å². The number of hydrogen-bond donors (Lipinski definition) is 1. The molecule has 1 aromatic heterocycles. The van der Waals surface area contributed by atoms with Crippen LogP contribution in [-0.4, -0.2) is 11.0 Å². The van der Waals surface area contributed by atoms with Gasteiger partial charge in [0.15, 0.2) is 0 Å². The summed E-state index contributed by atoms with van der Waals surface area (Å²) >= 11 is 0. The molecule has 98 valence electrons. The van der Waals surface area contributed by atoms with Gasteiger partial charge in [-0.15, -0.1) is 0 Å². The predicted molar refractivity (Wildman–Crippen MR) is 73.2 cm³/mol. The third-order valence-electron chi connectivity index (χ3n) is 3.80. The number of pyridine rings is 1. The van der Waals surface area contributed by atoms with Crippen LogP contribution in [0.25, 0.3) is 0 Å². The number of halogens is 1. The Hall–Kier alpha value is -1.74. The van der Waals surface area contributed by atoms with E-state index in [1.165, 1.54) is 11.1 Å². The van der Waals surface area contributed by atoms with Gasteiger partial charge < -0.3 is 5.32 Å². The molecule has 0 bridgehead atoms. The quantitative estimate of drug-likeness (QED) is 0.908. The van der Waals surface area contributed by atoms with E-state index in [-0.39, 0.29) is 5.82 Å². The van der Waals surface area contributed by atoms with Crippen molar-refractivity contribution in [2.24, 2.45) is 0 Å². The molecule has 0 atom stereocenters. The first kappa shape index (κ1) is 12.3. The van der Waals surface area contributed by atoms with Crippen LogP contribution in [0.15, 0.2) is 48.8 Å². The molecule has 3 heteroatoms. The van der Waals surface area contributed by atoms with Gasteiger partial charge in [-0.2, -0.15) is 0 Å². The monoisotopic (exact) mass is 256 g/mol. The van der Waals surface area contributed by atoms with Crippen LogP contribution >= 0.6 is 0 Å². The Bertz CT molecular complexity index is 518. The Balaban J connectivity index is 1.47. The van der Waals surface area contributed by atoms with Crippen molar-refractivity contribution in [1.29, 1.82) is 0 Å². The van der Waals surface area contributed by atoms with E-state index in [9.17, 15) is 4.39 Å². The zero-order valence-corrected chi connectivity index (χ0v) is 10.7. The van der Waals surface area contributed by atoms with Crippen LogP contribution in [0.5, 0.6) is 0 Å². The summed E-state index contributed by atoms with van der Waals surface area (Å²) in [6.45, 7) is 0.870. The molecule has 3 rings (SSSR count). The minimum Gasteiger partial charge on any atom is -0.310 e. The maximum Gasteiger partial charge on any atom is 0.123 e. The van der Waals surface area contributed by atoms with E-state index in [4.69, 9.17) is 0 Å². The lowest BCUT2D eigenvalue weighted by Gasteiger charge is -2.36. The molecule has 0 radical (unpaired) electrons. The zero-order chi connectivity index (χ0) is 13.1. The topological polar surface area (TPSA) is 24.9 Å². The highest BCUT2D eigenvalue weighted by molar-refractivity contribution is 5.23. The molecule has 1 aliphatic carbocycles. The fourth-order valence-electron chi connectivity index (χ4n) is 2.56. The van der Waals surface area contributed by atoms with Crippen LogP contribution in [-0.2, 0) is 6.54 Å². The zero-order valence-electron chi connectivity index (χ0n) is 10.7. The summed E-state index contributed by atoms with van der Waals surface area (Å²) in [5.74, 6) is 0.418. The summed E-state index contributed by atoms with van der Waals surface area (Å²) < 4.78 is 12.8. The molecule has 2 aromatic rings. The van der Waals surface area contributed by atoms with E-state index in [0.29, 0.717) is 12.0 Å². The Labute approximate surface area is 112 Å². The van der Waals surface area contributed by atoms with Crippen molar-refractivity contribution in [3.63, 3.8) is 0 Å². The van der Waals surface area contributed by atoms with Crippen molar-refractivity contribution in [2.75, 3.05) is 0 Å². The highest BCUT2D eigenvalue weighted by atomic mass is 19.1. The average Bonchev–Trinajstić information content (AvgIpc) is 2.40. The highest BCUT2D eigenvalue weighted by Crippen LogP contribution is 2.36. The van der Waals surface area contributed by atoms with Crippen LogP contribution in [0.2, 0.25) is 0 Å². The third kappa shape index (κ3) is 2.99. The number of rotatable bonds is 4. The van der Waals surface area contributed by atoms with Crippen LogP contribution in [0.4, 0.5) is 4.39 Å². The molecule has 0 aliphatic heterocycles. The van der Waals surface area contributed by atoms with Crippen molar-refractivity contribution in [2.45, 2.75) is 31.3 Å². The van der Waals surface area contributed by atoms with E-state index in [2.05, 4.69) is 16.4 Å². The standard InChI is InChI=1S/C16H17FN2/c17-15-5-3-13(4-6-15)14-8-16(9-14)19-11-12-2-1-7-18-10-12/h1-7,10,14,16,19H,8-9,11H2. The van der Waals surface area contributed by atoms with Crippen molar-refractivity contribution in [1.82, 2.24) is 10.3 Å². The van der Waals surface area contributed by atoms with Crippen LogP contribution in [0, 0.1) is 5.82 Å². The largest absolute Gasteiger partial charge is 0.310 e. The van der Waals surface area contributed by atoms with Gasteiger partial charge in [-0.1, -0.05) is 18.2 Å². The molecule has 1 saturated carbocycles. The first-order valence-electron chi connectivity index (χ1n) is 6.69. The molecule has 2 nitrogen and oxygen atoms in total. The second-order valence-corrected chi connectivity index (χ2v) is 5.16. The molecule has 0 saturated heterocycles. The van der Waals surface area contributed by atoms with Crippen molar-refractivity contribution >= 4 is 0 Å². The molecule has 0 spiro atoms. The van der Waals surface area contributed by atoms with Crippen molar-refractivity contribution in [3.8, 4) is 0 Å². The van der Waals surface area contributed by atoms with E-state index in [0.717, 1.165) is 19.4 Å². The van der Waals surface area contributed by atoms with Crippen LogP contribution < -0.4 is 5.32 Å². The fraction of sp³-hybridized carbons (Fsp3) is 0.312. The van der Waals surface area contributed by atoms with E-state index in [1.54, 1.807) is 18.3 Å². The van der Waals surface area contributed by atoms with Crippen LogP contribution in [0.3, 0.4) is 0 Å². The van der Waals surface area contributed by atoms with Crippen LogP contribution in [0.1, 0.15) is 29.9 Å². The molecule has 0 amide bonds. The lowest BCUT2D eigenvalue weighted by atomic mass is 9.76. The SMILES string of the molecule is Fc1ccc(C2CC(NCc3cccnc3)C2)cc1. The number of nitrogens with zero attached hydrogens (tertiary/aromatic N) is 1. The Kier molecular flexibility index (Phi) is 3.56. The first-order chi connectivity index (χ1) is 9.31. The van der Waals surface area contributed by atoms with E-state index in [1.807, 2.05) is 24.4 Å². The van der Waals surface area contributed by atoms with Crippen molar-refractivity contribution in [3.05, 3.63) is 65.7 Å². The normalized spacial score (nSPS) is 21.9. The summed E-state index contributed by atoms with van der Waals surface area (Å²) in [6, 6.07) is 11.5. The smallest absolute Gasteiger partial charge is 0.123 e. The maximum atomic E-state index is 12.8. The highest BCUT2D eigenvalue weighted by Gasteiger charge is 2.29. The molecule has 0 unspecified atom stereocenters. The molecular formula is C16H17FN2. The summed E-state index contributed by atoms with van der Waals surface area (Å²) in [6.07, 6.45) is 5.94. The fourth-order valence-corrected chi connectivity index (χ4v) is 2.56. The molecular weight excluding hydrogens is 239 g/mol. The summed E-state index contributed by atoms with van der Waals surface area (Å²) in [5.41, 5.74) is 2.47. The van der Waals surface area contributed by atoms with Gasteiger partial charge in [-0.25, -0.2) is 4.39 Å².